The van der Waals surface area contributed by atoms with E-state index in [0.29, 0.717) is 0 Å². The summed E-state index contributed by atoms with van der Waals surface area (Å²) in [6.07, 6.45) is 2.47. The van der Waals surface area contributed by atoms with Gasteiger partial charge in [-0.05, 0) is 37.9 Å². The fourth-order valence-electron chi connectivity index (χ4n) is 2.74. The van der Waals surface area contributed by atoms with Gasteiger partial charge in [-0.3, -0.25) is 4.79 Å². The molecule has 6 heteroatoms. The van der Waals surface area contributed by atoms with E-state index in [1.54, 1.807) is 0 Å². The molecule has 1 N–H and O–H groups in total. The lowest BCUT2D eigenvalue weighted by Gasteiger charge is -2.24. The van der Waals surface area contributed by atoms with E-state index in [4.69, 9.17) is 0 Å². The number of likely N-dealkylation sites (N-methyl/N-ethyl adjacent to an activating group) is 1. The Morgan fingerprint density at radius 3 is 2.90 bits per heavy atom. The molecule has 1 aliphatic heterocycles. The summed E-state index contributed by atoms with van der Waals surface area (Å²) in [4.78, 5) is 14.0. The van der Waals surface area contributed by atoms with Gasteiger partial charge in [0, 0.05) is 25.6 Å². The zero-order valence-electron chi connectivity index (χ0n) is 12.1. The molecule has 118 valence electrons. The molecule has 0 saturated carbocycles. The van der Waals surface area contributed by atoms with E-state index in [2.05, 4.69) is 5.32 Å². The number of nitrogens with zero attached hydrogens (tertiary/aromatic N) is 1. The van der Waals surface area contributed by atoms with Gasteiger partial charge in [0.05, 0.1) is 0 Å². The first-order valence-corrected chi connectivity index (χ1v) is 7.00. The number of carbonyl (C=O) groups is 1. The Balaban J connectivity index is 0.00000220. The molecule has 0 spiro atoms. The van der Waals surface area contributed by atoms with Gasteiger partial charge in [0.2, 0.25) is 5.91 Å². The third kappa shape index (κ3) is 4.38. The number of benzene rings is 1. The molecule has 2 rings (SSSR count). The molecule has 1 unspecified atom stereocenters. The molecule has 1 aliphatic rings. The van der Waals surface area contributed by atoms with E-state index in [9.17, 15) is 13.6 Å². The van der Waals surface area contributed by atoms with Crippen LogP contribution < -0.4 is 5.32 Å². The highest BCUT2D eigenvalue weighted by Crippen LogP contribution is 2.19. The minimum absolute atomic E-state index is 0. The van der Waals surface area contributed by atoms with Gasteiger partial charge in [0.25, 0.3) is 0 Å². The van der Waals surface area contributed by atoms with Crippen molar-refractivity contribution in [1.29, 1.82) is 0 Å². The smallest absolute Gasteiger partial charge is 0.223 e. The topological polar surface area (TPSA) is 32.3 Å². The predicted molar refractivity (Wildman–Crippen MR) is 80.6 cm³/mol. The van der Waals surface area contributed by atoms with Gasteiger partial charge < -0.3 is 10.2 Å². The largest absolute Gasteiger partial charge is 0.338 e. The summed E-state index contributed by atoms with van der Waals surface area (Å²) < 4.78 is 26.6. The Morgan fingerprint density at radius 2 is 2.19 bits per heavy atom. The minimum atomic E-state index is -0.857. The van der Waals surface area contributed by atoms with E-state index in [0.717, 1.165) is 32.0 Å². The van der Waals surface area contributed by atoms with Crippen molar-refractivity contribution in [3.05, 3.63) is 35.4 Å². The average molecular weight is 319 g/mol. The quantitative estimate of drug-likeness (QED) is 0.905. The molecule has 3 nitrogen and oxygen atoms in total. The predicted octanol–water partition coefficient (Wildman–Crippen LogP) is 2.53. The van der Waals surface area contributed by atoms with Crippen LogP contribution in [-0.2, 0) is 11.2 Å². The second kappa shape index (κ2) is 8.29. The van der Waals surface area contributed by atoms with Gasteiger partial charge in [-0.1, -0.05) is 12.1 Å². The van der Waals surface area contributed by atoms with Crippen LogP contribution in [0.2, 0.25) is 0 Å². The number of hydrogen-bond donors (Lipinski definition) is 1. The zero-order valence-corrected chi connectivity index (χ0v) is 12.9. The maximum absolute atomic E-state index is 13.5. The number of likely N-dealkylation sites (tertiary alicyclic amines) is 1. The van der Waals surface area contributed by atoms with Crippen LogP contribution in [-0.4, -0.2) is 37.0 Å². The summed E-state index contributed by atoms with van der Waals surface area (Å²) in [6, 6.07) is 4.31. The van der Waals surface area contributed by atoms with Crippen molar-refractivity contribution in [2.24, 2.45) is 0 Å². The fraction of sp³-hybridized carbons (Fsp3) is 0.533. The van der Waals surface area contributed by atoms with Crippen molar-refractivity contribution in [2.75, 3.05) is 20.1 Å². The molecule has 1 aromatic rings. The molecule has 21 heavy (non-hydrogen) atoms. The Labute approximate surface area is 130 Å². The van der Waals surface area contributed by atoms with E-state index in [-0.39, 0.29) is 42.8 Å². The van der Waals surface area contributed by atoms with Crippen molar-refractivity contribution in [2.45, 2.75) is 31.7 Å². The molecule has 1 amide bonds. The number of amides is 1. The number of nitrogens with one attached hydrogen (secondary N) is 1. The van der Waals surface area contributed by atoms with Gasteiger partial charge in [0.15, 0.2) is 11.6 Å². The highest BCUT2D eigenvalue weighted by Gasteiger charge is 2.27. The van der Waals surface area contributed by atoms with Crippen LogP contribution in [0.25, 0.3) is 0 Å². The number of aryl methyl sites for hydroxylation is 1. The Bertz CT molecular complexity index is 485. The van der Waals surface area contributed by atoms with E-state index in [1.807, 2.05) is 11.9 Å². The summed E-state index contributed by atoms with van der Waals surface area (Å²) in [7, 11) is 1.86. The maximum Gasteiger partial charge on any atom is 0.223 e. The lowest BCUT2D eigenvalue weighted by molar-refractivity contribution is -0.131. The van der Waals surface area contributed by atoms with Gasteiger partial charge in [0.1, 0.15) is 0 Å². The van der Waals surface area contributed by atoms with Crippen molar-refractivity contribution in [3.63, 3.8) is 0 Å². The maximum atomic E-state index is 13.5. The first-order valence-electron chi connectivity index (χ1n) is 7.00. The summed E-state index contributed by atoms with van der Waals surface area (Å²) >= 11 is 0. The number of rotatable bonds is 5. The van der Waals surface area contributed by atoms with Crippen LogP contribution in [0.5, 0.6) is 0 Å². The lowest BCUT2D eigenvalue weighted by Crippen LogP contribution is -2.40. The van der Waals surface area contributed by atoms with Crippen molar-refractivity contribution in [1.82, 2.24) is 10.2 Å². The SMILES string of the molecule is CNCC1CCCN1C(=O)CCc1cccc(F)c1F.Cl. The van der Waals surface area contributed by atoms with Gasteiger partial charge >= 0.3 is 0 Å². The third-order valence-corrected chi connectivity index (χ3v) is 3.78. The fourth-order valence-corrected chi connectivity index (χ4v) is 2.74. The highest BCUT2D eigenvalue weighted by atomic mass is 35.5. The molecule has 1 fully saturated rings. The van der Waals surface area contributed by atoms with Gasteiger partial charge in [-0.2, -0.15) is 0 Å². The molecule has 1 atom stereocenters. The van der Waals surface area contributed by atoms with E-state index >= 15 is 0 Å². The summed E-state index contributed by atoms with van der Waals surface area (Å²) in [6.45, 7) is 1.54. The van der Waals surface area contributed by atoms with E-state index in [1.165, 1.54) is 12.1 Å². The van der Waals surface area contributed by atoms with Crippen LogP contribution >= 0.6 is 12.4 Å². The molecule has 1 heterocycles. The molecule has 0 bridgehead atoms. The zero-order chi connectivity index (χ0) is 14.5. The van der Waals surface area contributed by atoms with Crippen molar-refractivity contribution < 1.29 is 13.6 Å². The second-order valence-corrected chi connectivity index (χ2v) is 5.15. The average Bonchev–Trinajstić information content (AvgIpc) is 2.89. The van der Waals surface area contributed by atoms with Gasteiger partial charge in [-0.25, -0.2) is 8.78 Å². The normalized spacial score (nSPS) is 17.7. The molecular formula is C15H21ClF2N2O. The van der Waals surface area contributed by atoms with Crippen molar-refractivity contribution >= 4 is 18.3 Å². The van der Waals surface area contributed by atoms with Crippen LogP contribution in [0.3, 0.4) is 0 Å². The molecule has 1 aromatic carbocycles. The monoisotopic (exact) mass is 318 g/mol. The Hall–Kier alpha value is -1.20. The number of halogens is 3. The Morgan fingerprint density at radius 1 is 1.43 bits per heavy atom. The highest BCUT2D eigenvalue weighted by molar-refractivity contribution is 5.85. The minimum Gasteiger partial charge on any atom is -0.338 e. The molecule has 1 saturated heterocycles. The number of hydrogen-bond acceptors (Lipinski definition) is 2. The standard InChI is InChI=1S/C15H20F2N2O.ClH/c1-18-10-12-5-3-9-19(12)14(20)8-7-11-4-2-6-13(16)15(11)17;/h2,4,6,12,18H,3,5,7-10H2,1H3;1H. The molecule has 0 aromatic heterocycles. The molecule has 0 radical (unpaired) electrons. The Kier molecular flexibility index (Phi) is 7.05. The summed E-state index contributed by atoms with van der Waals surface area (Å²) in [5.74, 6) is -1.68. The second-order valence-electron chi connectivity index (χ2n) is 5.15. The van der Waals surface area contributed by atoms with Crippen molar-refractivity contribution in [3.8, 4) is 0 Å². The first-order chi connectivity index (χ1) is 9.63. The summed E-state index contributed by atoms with van der Waals surface area (Å²) in [5.41, 5.74) is 0.266. The van der Waals surface area contributed by atoms with Crippen LogP contribution in [0.4, 0.5) is 8.78 Å². The first kappa shape index (κ1) is 17.9. The summed E-state index contributed by atoms with van der Waals surface area (Å²) in [5, 5.41) is 3.08. The third-order valence-electron chi connectivity index (χ3n) is 3.78. The molecular weight excluding hydrogens is 298 g/mol. The number of carbonyl (C=O) groups excluding carboxylic acids is 1. The van der Waals surface area contributed by atoms with Crippen LogP contribution in [0.15, 0.2) is 18.2 Å². The lowest BCUT2D eigenvalue weighted by atomic mass is 10.1. The van der Waals surface area contributed by atoms with Gasteiger partial charge in [-0.15, -0.1) is 12.4 Å². The molecule has 0 aliphatic carbocycles. The van der Waals surface area contributed by atoms with E-state index < -0.39 is 11.6 Å². The van der Waals surface area contributed by atoms with Crippen LogP contribution in [0.1, 0.15) is 24.8 Å². The van der Waals surface area contributed by atoms with Crippen LogP contribution in [0, 0.1) is 11.6 Å².